The van der Waals surface area contributed by atoms with Gasteiger partial charge < -0.3 is 8.83 Å². The second-order valence-corrected chi connectivity index (χ2v) is 12.4. The second kappa shape index (κ2) is 11.4. The second-order valence-electron chi connectivity index (χ2n) is 12.4. The van der Waals surface area contributed by atoms with Crippen LogP contribution in [-0.2, 0) is 0 Å². The number of hydrogen-bond acceptors (Lipinski definition) is 5. The summed E-state index contributed by atoms with van der Waals surface area (Å²) in [5.74, 6) is 1.74. The molecule has 3 heterocycles. The minimum absolute atomic E-state index is 0.568. The third-order valence-corrected chi connectivity index (χ3v) is 9.34. The molecule has 234 valence electrons. The maximum atomic E-state index is 6.47. The van der Waals surface area contributed by atoms with Gasteiger partial charge in [0.05, 0.1) is 0 Å². The molecular weight excluding hydrogens is 615 g/mol. The van der Waals surface area contributed by atoms with Crippen molar-refractivity contribution in [1.82, 2.24) is 15.0 Å². The zero-order valence-electron chi connectivity index (χ0n) is 26.7. The summed E-state index contributed by atoms with van der Waals surface area (Å²) in [6, 6.07) is 55.8. The van der Waals surface area contributed by atoms with Crippen LogP contribution in [0, 0.1) is 0 Å². The van der Waals surface area contributed by atoms with Crippen LogP contribution in [0.15, 0.2) is 173 Å². The van der Waals surface area contributed by atoms with E-state index in [0.29, 0.717) is 17.5 Å². The van der Waals surface area contributed by atoms with Crippen LogP contribution >= 0.6 is 0 Å². The van der Waals surface area contributed by atoms with Gasteiger partial charge in [0.25, 0.3) is 0 Å². The summed E-state index contributed by atoms with van der Waals surface area (Å²) < 4.78 is 12.6. The van der Waals surface area contributed by atoms with E-state index in [-0.39, 0.29) is 0 Å². The number of aromatic nitrogens is 3. The van der Waals surface area contributed by atoms with Gasteiger partial charge in [0.1, 0.15) is 22.3 Å². The Morgan fingerprint density at radius 2 is 0.860 bits per heavy atom. The van der Waals surface area contributed by atoms with Crippen molar-refractivity contribution in [1.29, 1.82) is 0 Å². The Morgan fingerprint density at radius 3 is 1.66 bits per heavy atom. The number of fused-ring (bicyclic) bond motifs is 6. The predicted octanol–water partition coefficient (Wildman–Crippen LogP) is 12.0. The molecule has 50 heavy (non-hydrogen) atoms. The van der Waals surface area contributed by atoms with Crippen LogP contribution in [0.2, 0.25) is 0 Å². The minimum atomic E-state index is 0.568. The molecule has 10 aromatic rings. The van der Waals surface area contributed by atoms with E-state index in [2.05, 4.69) is 91.0 Å². The molecule has 0 fully saturated rings. The normalized spacial score (nSPS) is 11.6. The van der Waals surface area contributed by atoms with E-state index in [9.17, 15) is 0 Å². The summed E-state index contributed by atoms with van der Waals surface area (Å²) in [6.07, 6.45) is 0. The van der Waals surface area contributed by atoms with Gasteiger partial charge in [0, 0.05) is 38.2 Å². The van der Waals surface area contributed by atoms with Crippen molar-refractivity contribution >= 4 is 43.9 Å². The number of hydrogen-bond donors (Lipinski definition) is 0. The molecule has 5 nitrogen and oxygen atoms in total. The molecule has 0 bridgehead atoms. The SMILES string of the molecule is c1ccc(-c2cccc(-c3nc(-c4ccc5c(c4)oc4cccc(-c6ccccc6)c45)nc(-c4ccc5oc6ccccc6c5c4)n3)c2)cc1. The highest BCUT2D eigenvalue weighted by molar-refractivity contribution is 6.13. The van der Waals surface area contributed by atoms with E-state index in [1.54, 1.807) is 0 Å². The molecule has 7 aromatic carbocycles. The highest BCUT2D eigenvalue weighted by atomic mass is 16.3. The van der Waals surface area contributed by atoms with Crippen LogP contribution in [0.25, 0.3) is 100 Å². The van der Waals surface area contributed by atoms with Gasteiger partial charge >= 0.3 is 0 Å². The summed E-state index contributed by atoms with van der Waals surface area (Å²) in [5, 5.41) is 4.21. The lowest BCUT2D eigenvalue weighted by atomic mass is 9.99. The first-order valence-electron chi connectivity index (χ1n) is 16.6. The molecule has 0 aliphatic rings. The van der Waals surface area contributed by atoms with Crippen molar-refractivity contribution in [3.8, 4) is 56.4 Å². The Balaban J connectivity index is 1.16. The fourth-order valence-electron chi connectivity index (χ4n) is 6.92. The molecule has 3 aromatic heterocycles. The maximum absolute atomic E-state index is 6.47. The molecule has 0 radical (unpaired) electrons. The fourth-order valence-corrected chi connectivity index (χ4v) is 6.92. The third-order valence-electron chi connectivity index (χ3n) is 9.34. The van der Waals surface area contributed by atoms with Crippen LogP contribution in [0.4, 0.5) is 0 Å². The summed E-state index contributed by atoms with van der Waals surface area (Å²) in [5.41, 5.74) is 10.4. The van der Waals surface area contributed by atoms with E-state index < -0.39 is 0 Å². The topological polar surface area (TPSA) is 65.0 Å². The first kappa shape index (κ1) is 28.2. The van der Waals surface area contributed by atoms with Gasteiger partial charge in [-0.2, -0.15) is 0 Å². The highest BCUT2D eigenvalue weighted by Gasteiger charge is 2.18. The molecule has 0 aliphatic heterocycles. The standard InChI is InChI=1S/C45H27N3O2/c1-3-11-28(12-4-1)30-15-9-16-31(25-30)43-46-44(32-22-24-39-37(26-32)35-17-7-8-19-38(35)49-39)48-45(47-43)33-21-23-36-41(27-33)50-40-20-10-18-34(42(36)40)29-13-5-2-6-14-29/h1-27H. The summed E-state index contributed by atoms with van der Waals surface area (Å²) in [4.78, 5) is 15.2. The summed E-state index contributed by atoms with van der Waals surface area (Å²) in [7, 11) is 0. The first-order chi connectivity index (χ1) is 24.7. The average molecular weight is 642 g/mol. The van der Waals surface area contributed by atoms with Gasteiger partial charge in [0.2, 0.25) is 0 Å². The first-order valence-corrected chi connectivity index (χ1v) is 16.6. The average Bonchev–Trinajstić information content (AvgIpc) is 3.76. The van der Waals surface area contributed by atoms with Gasteiger partial charge in [0.15, 0.2) is 17.5 Å². The maximum Gasteiger partial charge on any atom is 0.164 e. The Morgan fingerprint density at radius 1 is 0.300 bits per heavy atom. The molecular formula is C45H27N3O2. The lowest BCUT2D eigenvalue weighted by molar-refractivity contribution is 0.668. The molecule has 0 N–H and O–H groups in total. The Hall–Kier alpha value is -6.85. The van der Waals surface area contributed by atoms with Crippen LogP contribution in [-0.4, -0.2) is 15.0 Å². The van der Waals surface area contributed by atoms with Crippen molar-refractivity contribution in [3.63, 3.8) is 0 Å². The molecule has 10 rings (SSSR count). The Kier molecular flexibility index (Phi) is 6.42. The fraction of sp³-hybridized carbons (Fsp3) is 0. The third kappa shape index (κ3) is 4.75. The van der Waals surface area contributed by atoms with E-state index in [1.165, 1.54) is 0 Å². The van der Waals surface area contributed by atoms with Gasteiger partial charge in [-0.1, -0.05) is 115 Å². The van der Waals surface area contributed by atoms with E-state index in [0.717, 1.165) is 82.8 Å². The molecule has 0 saturated heterocycles. The smallest absolute Gasteiger partial charge is 0.164 e. The number of rotatable bonds is 5. The van der Waals surface area contributed by atoms with Crippen LogP contribution in [0.3, 0.4) is 0 Å². The predicted molar refractivity (Wildman–Crippen MR) is 202 cm³/mol. The molecule has 0 unspecified atom stereocenters. The lowest BCUT2D eigenvalue weighted by Crippen LogP contribution is -2.00. The largest absolute Gasteiger partial charge is 0.456 e. The molecule has 0 saturated carbocycles. The quantitative estimate of drug-likeness (QED) is 0.187. The van der Waals surface area contributed by atoms with Crippen LogP contribution in [0.1, 0.15) is 0 Å². The van der Waals surface area contributed by atoms with Crippen molar-refractivity contribution in [2.75, 3.05) is 0 Å². The number of para-hydroxylation sites is 1. The Labute approximate surface area is 287 Å². The lowest BCUT2D eigenvalue weighted by Gasteiger charge is -2.10. The number of furan rings is 2. The van der Waals surface area contributed by atoms with Crippen molar-refractivity contribution in [3.05, 3.63) is 164 Å². The molecule has 0 atom stereocenters. The van der Waals surface area contributed by atoms with Crippen molar-refractivity contribution in [2.45, 2.75) is 0 Å². The Bertz CT molecular complexity index is 2870. The molecule has 0 spiro atoms. The van der Waals surface area contributed by atoms with Gasteiger partial charge in [-0.05, 0) is 70.8 Å². The molecule has 0 amide bonds. The van der Waals surface area contributed by atoms with Crippen molar-refractivity contribution < 1.29 is 8.83 Å². The molecule has 5 heteroatoms. The van der Waals surface area contributed by atoms with Crippen LogP contribution in [0.5, 0.6) is 0 Å². The van der Waals surface area contributed by atoms with Crippen LogP contribution < -0.4 is 0 Å². The van der Waals surface area contributed by atoms with Gasteiger partial charge in [-0.3, -0.25) is 0 Å². The monoisotopic (exact) mass is 641 g/mol. The van der Waals surface area contributed by atoms with E-state index in [1.807, 2.05) is 72.8 Å². The zero-order valence-corrected chi connectivity index (χ0v) is 26.7. The number of nitrogens with zero attached hydrogens (tertiary/aromatic N) is 3. The number of benzene rings is 7. The molecule has 0 aliphatic carbocycles. The zero-order chi connectivity index (χ0) is 33.0. The minimum Gasteiger partial charge on any atom is -0.456 e. The summed E-state index contributed by atoms with van der Waals surface area (Å²) >= 11 is 0. The van der Waals surface area contributed by atoms with Gasteiger partial charge in [-0.15, -0.1) is 0 Å². The summed E-state index contributed by atoms with van der Waals surface area (Å²) in [6.45, 7) is 0. The van der Waals surface area contributed by atoms with E-state index >= 15 is 0 Å². The van der Waals surface area contributed by atoms with E-state index in [4.69, 9.17) is 23.8 Å². The highest BCUT2D eigenvalue weighted by Crippen LogP contribution is 2.39. The van der Waals surface area contributed by atoms with Gasteiger partial charge in [-0.25, -0.2) is 15.0 Å². The van der Waals surface area contributed by atoms with Crippen molar-refractivity contribution in [2.24, 2.45) is 0 Å².